The summed E-state index contributed by atoms with van der Waals surface area (Å²) in [6, 6.07) is 0. The van der Waals surface area contributed by atoms with Gasteiger partial charge in [0.1, 0.15) is 11.7 Å². The fraction of sp³-hybridized carbons (Fsp3) is 0.594. The molecule has 0 heterocycles. The molecule has 0 bridgehead atoms. The Kier molecular flexibility index (Phi) is 7.95. The predicted molar refractivity (Wildman–Crippen MR) is 149 cm³/mol. The molecule has 4 aliphatic carbocycles. The van der Waals surface area contributed by atoms with E-state index in [-0.39, 0.29) is 6.42 Å². The number of fused-ring (bicyclic) bond motifs is 5. The van der Waals surface area contributed by atoms with Crippen molar-refractivity contribution in [1.29, 1.82) is 0 Å². The quantitative estimate of drug-likeness (QED) is 0.180. The summed E-state index contributed by atoms with van der Waals surface area (Å²) in [6.45, 7) is 10.1. The van der Waals surface area contributed by atoms with E-state index in [9.17, 15) is 29.7 Å². The van der Waals surface area contributed by atoms with Gasteiger partial charge in [-0.15, -0.1) is 0 Å². The average Bonchev–Trinajstić information content (AvgIpc) is 3.31. The van der Waals surface area contributed by atoms with Gasteiger partial charge in [0.15, 0.2) is 11.4 Å². The van der Waals surface area contributed by atoms with Crippen molar-refractivity contribution in [3.05, 3.63) is 59.8 Å². The molecule has 40 heavy (non-hydrogen) atoms. The number of allylic oxidation sites excluding steroid dienone is 5. The Balaban J connectivity index is 1.78. The van der Waals surface area contributed by atoms with Crippen LogP contribution in [0.5, 0.6) is 0 Å². The molecule has 0 radical (unpaired) electrons. The van der Waals surface area contributed by atoms with Crippen LogP contribution in [-0.2, 0) is 23.9 Å². The van der Waals surface area contributed by atoms with Gasteiger partial charge in [-0.2, -0.15) is 0 Å². The lowest BCUT2D eigenvalue weighted by Gasteiger charge is -2.53. The van der Waals surface area contributed by atoms with Crippen molar-refractivity contribution in [2.24, 2.45) is 29.1 Å². The smallest absolute Gasteiger partial charge is 0.331 e. The van der Waals surface area contributed by atoms with Crippen molar-refractivity contribution >= 4 is 17.7 Å². The van der Waals surface area contributed by atoms with E-state index in [1.165, 1.54) is 13.0 Å². The fourth-order valence-electron chi connectivity index (χ4n) is 7.83. The number of aliphatic hydroxyl groups excluding tert-OH is 1. The third-order valence-electron chi connectivity index (χ3n) is 9.67. The van der Waals surface area contributed by atoms with Gasteiger partial charge >= 0.3 is 11.9 Å². The van der Waals surface area contributed by atoms with Crippen molar-refractivity contribution in [2.45, 2.75) is 83.7 Å². The van der Waals surface area contributed by atoms with Crippen LogP contribution in [0.25, 0.3) is 0 Å². The number of esters is 2. The van der Waals surface area contributed by atoms with Crippen molar-refractivity contribution in [2.75, 3.05) is 6.61 Å². The monoisotopic (exact) mass is 554 g/mol. The minimum absolute atomic E-state index is 0.133. The minimum atomic E-state index is -1.96. The highest BCUT2D eigenvalue weighted by molar-refractivity contribution is 6.04. The molecule has 218 valence electrons. The molecule has 0 spiro atoms. The van der Waals surface area contributed by atoms with Gasteiger partial charge in [-0.1, -0.05) is 76.6 Å². The summed E-state index contributed by atoms with van der Waals surface area (Å²) in [4.78, 5) is 38.7. The molecule has 2 saturated carbocycles. The second-order valence-corrected chi connectivity index (χ2v) is 12.3. The third-order valence-corrected chi connectivity index (χ3v) is 9.67. The third kappa shape index (κ3) is 4.35. The summed E-state index contributed by atoms with van der Waals surface area (Å²) in [5.74, 6) is -4.80. The Bertz CT molecular complexity index is 1220. The highest BCUT2D eigenvalue weighted by Gasteiger charge is 2.87. The van der Waals surface area contributed by atoms with Gasteiger partial charge in [0, 0.05) is 48.5 Å². The first kappa shape index (κ1) is 30.2. The molecule has 0 aromatic heterocycles. The van der Waals surface area contributed by atoms with Crippen LogP contribution >= 0.6 is 0 Å². The first-order chi connectivity index (χ1) is 18.7. The number of Topliss-reactive ketones (excluding diaryl/α,β-unsaturated/α-hetero) is 1. The summed E-state index contributed by atoms with van der Waals surface area (Å²) < 4.78 is 12.0. The molecule has 0 saturated heterocycles. The van der Waals surface area contributed by atoms with Crippen molar-refractivity contribution in [3.8, 4) is 0 Å². The lowest BCUT2D eigenvalue weighted by molar-refractivity contribution is -0.226. The van der Waals surface area contributed by atoms with E-state index >= 15 is 0 Å². The summed E-state index contributed by atoms with van der Waals surface area (Å²) in [6.07, 6.45) is 14.4. The molecule has 0 aliphatic heterocycles. The number of hydrogen-bond acceptors (Lipinski definition) is 8. The largest absolute Gasteiger partial charge is 0.455 e. The average molecular weight is 555 g/mol. The van der Waals surface area contributed by atoms with Gasteiger partial charge in [-0.3, -0.25) is 9.59 Å². The predicted octanol–water partition coefficient (Wildman–Crippen LogP) is 3.52. The molecule has 4 rings (SSSR count). The van der Waals surface area contributed by atoms with Crippen LogP contribution in [0.3, 0.4) is 0 Å². The van der Waals surface area contributed by atoms with E-state index in [0.29, 0.717) is 11.1 Å². The first-order valence-corrected chi connectivity index (χ1v) is 14.1. The molecular formula is C32H42O8. The summed E-state index contributed by atoms with van der Waals surface area (Å²) >= 11 is 0. The van der Waals surface area contributed by atoms with Crippen LogP contribution < -0.4 is 0 Å². The molecule has 0 amide bonds. The van der Waals surface area contributed by atoms with Crippen molar-refractivity contribution < 1.29 is 39.2 Å². The van der Waals surface area contributed by atoms with Crippen LogP contribution in [0, 0.1) is 29.1 Å². The molecule has 0 aromatic rings. The van der Waals surface area contributed by atoms with E-state index in [4.69, 9.17) is 9.47 Å². The molecule has 3 unspecified atom stereocenters. The number of carbonyl (C=O) groups is 3. The highest BCUT2D eigenvalue weighted by Crippen LogP contribution is 2.77. The number of hydrogen-bond donors (Lipinski definition) is 3. The van der Waals surface area contributed by atoms with Gasteiger partial charge in [0.2, 0.25) is 0 Å². The Morgan fingerprint density at radius 1 is 1.12 bits per heavy atom. The van der Waals surface area contributed by atoms with E-state index in [1.54, 1.807) is 44.2 Å². The molecule has 4 aliphatic rings. The number of carbonyl (C=O) groups excluding carboxylic acids is 3. The van der Waals surface area contributed by atoms with Crippen molar-refractivity contribution in [1.82, 2.24) is 0 Å². The van der Waals surface area contributed by atoms with E-state index in [1.807, 2.05) is 26.0 Å². The molecule has 2 fully saturated rings. The summed E-state index contributed by atoms with van der Waals surface area (Å²) in [5, 5.41) is 34.6. The number of unbranched alkanes of at least 4 members (excludes halogenated alkanes) is 1. The Hall–Kier alpha value is -2.81. The number of ketones is 1. The zero-order valence-corrected chi connectivity index (χ0v) is 24.2. The van der Waals surface area contributed by atoms with Crippen LogP contribution in [0.4, 0.5) is 0 Å². The second kappa shape index (κ2) is 10.5. The maximum absolute atomic E-state index is 13.2. The molecule has 3 N–H and O–H groups in total. The highest BCUT2D eigenvalue weighted by atomic mass is 16.6. The zero-order valence-electron chi connectivity index (χ0n) is 24.2. The van der Waals surface area contributed by atoms with Gasteiger partial charge in [-0.25, -0.2) is 4.79 Å². The van der Waals surface area contributed by atoms with Gasteiger partial charge < -0.3 is 24.8 Å². The van der Waals surface area contributed by atoms with Gasteiger partial charge in [-0.05, 0) is 24.5 Å². The van der Waals surface area contributed by atoms with E-state index < -0.39 is 76.3 Å². The Morgan fingerprint density at radius 3 is 2.42 bits per heavy atom. The lowest BCUT2D eigenvalue weighted by Crippen LogP contribution is -2.66. The number of rotatable bonds is 8. The SMILES string of the molecule is CCC/C=C/C=C/C=C/C(=O)O[C@@H]1[C@@H](C)[C@@]2(O)C(C=C(CO)C[C@]3(O)C(=O)C(C)=CC23)C2C(C)(C)[C@@]21OC(C)=O. The fourth-order valence-corrected chi connectivity index (χ4v) is 7.83. The minimum Gasteiger partial charge on any atom is -0.455 e. The van der Waals surface area contributed by atoms with E-state index in [0.717, 1.165) is 12.8 Å². The molecule has 8 nitrogen and oxygen atoms in total. The van der Waals surface area contributed by atoms with Gasteiger partial charge in [0.25, 0.3) is 0 Å². The zero-order chi connectivity index (χ0) is 29.7. The van der Waals surface area contributed by atoms with Gasteiger partial charge in [0.05, 0.1) is 12.2 Å². The van der Waals surface area contributed by atoms with Crippen LogP contribution in [0.15, 0.2) is 59.8 Å². The summed E-state index contributed by atoms with van der Waals surface area (Å²) in [5.41, 5.74) is -4.94. The van der Waals surface area contributed by atoms with Crippen LogP contribution in [0.1, 0.15) is 60.8 Å². The Labute approximate surface area is 236 Å². The van der Waals surface area contributed by atoms with Crippen LogP contribution in [-0.4, -0.2) is 62.6 Å². The topological polar surface area (TPSA) is 130 Å². The Morgan fingerprint density at radius 2 is 1.80 bits per heavy atom. The normalized spacial score (nSPS) is 39.8. The molecule has 8 atom stereocenters. The van der Waals surface area contributed by atoms with Crippen LogP contribution in [0.2, 0.25) is 0 Å². The summed E-state index contributed by atoms with van der Waals surface area (Å²) in [7, 11) is 0. The molecule has 8 heteroatoms. The first-order valence-electron chi connectivity index (χ1n) is 14.1. The standard InChI is InChI=1S/C32H42O8/c1-7-8-9-10-11-12-13-14-25(35)39-28-20(3)31(38)23(26-29(5,6)32(26,28)40-21(4)34)16-22(18-33)17-30(37)24(31)15-19(2)27(30)36/h9-16,20,23-24,26,28,33,37-38H,7-8,17-18H2,1-6H3/b10-9+,12-11+,14-13+/t20-,23?,24?,26?,28-,30-,31-,32-/m1/s1. The maximum atomic E-state index is 13.2. The van der Waals surface area contributed by atoms with E-state index in [2.05, 4.69) is 6.92 Å². The maximum Gasteiger partial charge on any atom is 0.331 e. The lowest BCUT2D eigenvalue weighted by atomic mass is 9.59. The van der Waals surface area contributed by atoms with Crippen molar-refractivity contribution in [3.63, 3.8) is 0 Å². The number of ether oxygens (including phenoxy) is 2. The molecule has 0 aromatic carbocycles. The second-order valence-electron chi connectivity index (χ2n) is 12.3. The number of aliphatic hydroxyl groups is 3. The molecular weight excluding hydrogens is 512 g/mol.